The quantitative estimate of drug-likeness (QED) is 0.912. The minimum Gasteiger partial charge on any atom is -0.481 e. The number of rotatable bonds is 5. The summed E-state index contributed by atoms with van der Waals surface area (Å²) in [7, 11) is 1.63. The average molecular weight is 284 g/mol. The van der Waals surface area contributed by atoms with Crippen LogP contribution in [-0.4, -0.2) is 28.6 Å². The van der Waals surface area contributed by atoms with Gasteiger partial charge >= 0.3 is 0 Å². The number of hydrogen-bond donors (Lipinski definition) is 1. The first kappa shape index (κ1) is 13.9. The van der Waals surface area contributed by atoms with Crippen molar-refractivity contribution in [2.75, 3.05) is 13.7 Å². The van der Waals surface area contributed by atoms with Crippen LogP contribution >= 0.6 is 0 Å². The van der Waals surface area contributed by atoms with Gasteiger partial charge < -0.3 is 10.1 Å². The number of methoxy groups -OCH3 is 1. The van der Waals surface area contributed by atoms with Crippen molar-refractivity contribution in [1.82, 2.24) is 20.3 Å². The van der Waals surface area contributed by atoms with Gasteiger partial charge in [0.1, 0.15) is 6.33 Å². The van der Waals surface area contributed by atoms with Gasteiger partial charge in [-0.3, -0.25) is 4.98 Å². The molecule has 0 spiro atoms. The van der Waals surface area contributed by atoms with E-state index in [0.29, 0.717) is 11.8 Å². The van der Waals surface area contributed by atoms with E-state index in [1.54, 1.807) is 13.4 Å². The molecule has 2 aromatic rings. The van der Waals surface area contributed by atoms with Gasteiger partial charge in [0.25, 0.3) is 0 Å². The minimum atomic E-state index is 0.142. The van der Waals surface area contributed by atoms with Crippen molar-refractivity contribution >= 4 is 0 Å². The van der Waals surface area contributed by atoms with Gasteiger partial charge in [-0.25, -0.2) is 9.97 Å². The molecule has 2 heterocycles. The first-order valence-electron chi connectivity index (χ1n) is 7.36. The zero-order chi connectivity index (χ0) is 14.7. The van der Waals surface area contributed by atoms with Crippen molar-refractivity contribution in [2.24, 2.45) is 0 Å². The van der Waals surface area contributed by atoms with Crippen molar-refractivity contribution in [3.05, 3.63) is 47.7 Å². The lowest BCUT2D eigenvalue weighted by Gasteiger charge is -2.24. The number of pyridine rings is 1. The fourth-order valence-corrected chi connectivity index (χ4v) is 3.08. The molecule has 0 saturated carbocycles. The van der Waals surface area contributed by atoms with Crippen LogP contribution in [0.4, 0.5) is 0 Å². The fraction of sp³-hybridized carbons (Fsp3) is 0.438. The highest BCUT2D eigenvalue weighted by Gasteiger charge is 2.32. The molecule has 0 bridgehead atoms. The Morgan fingerprint density at radius 1 is 1.38 bits per heavy atom. The van der Waals surface area contributed by atoms with Crippen molar-refractivity contribution in [3.8, 4) is 5.88 Å². The number of nitrogens with zero attached hydrogens (tertiary/aromatic N) is 3. The van der Waals surface area contributed by atoms with E-state index in [0.717, 1.165) is 25.1 Å². The Labute approximate surface area is 124 Å². The molecule has 0 saturated heterocycles. The second-order valence-electron chi connectivity index (χ2n) is 5.21. The lowest BCUT2D eigenvalue weighted by molar-refractivity contribution is 0.389. The molecular formula is C16H20N4O. The topological polar surface area (TPSA) is 59.9 Å². The molecule has 0 aliphatic heterocycles. The SMILES string of the molecule is CCNC(c1cc(OC)ncn1)C1CCc2cccnc21. The Morgan fingerprint density at radius 3 is 3.10 bits per heavy atom. The molecule has 2 unspecified atom stereocenters. The molecule has 21 heavy (non-hydrogen) atoms. The first-order chi connectivity index (χ1) is 10.3. The molecule has 1 aliphatic rings. The number of fused-ring (bicyclic) bond motifs is 1. The molecule has 0 amide bonds. The maximum Gasteiger partial charge on any atom is 0.216 e. The summed E-state index contributed by atoms with van der Waals surface area (Å²) in [5, 5.41) is 3.55. The third-order valence-electron chi connectivity index (χ3n) is 4.02. The van der Waals surface area contributed by atoms with Gasteiger partial charge in [0.15, 0.2) is 0 Å². The molecule has 110 valence electrons. The van der Waals surface area contributed by atoms with Gasteiger partial charge in [0.2, 0.25) is 5.88 Å². The van der Waals surface area contributed by atoms with Crippen LogP contribution in [0.15, 0.2) is 30.7 Å². The highest BCUT2D eigenvalue weighted by molar-refractivity contribution is 5.32. The van der Waals surface area contributed by atoms with E-state index < -0.39 is 0 Å². The molecule has 2 atom stereocenters. The van der Waals surface area contributed by atoms with Crippen LogP contribution in [0, 0.1) is 0 Å². The normalized spacial score (nSPS) is 18.3. The van der Waals surface area contributed by atoms with Crippen LogP contribution in [0.25, 0.3) is 0 Å². The van der Waals surface area contributed by atoms with Crippen LogP contribution < -0.4 is 10.1 Å². The molecule has 5 nitrogen and oxygen atoms in total. The van der Waals surface area contributed by atoms with Crippen LogP contribution in [-0.2, 0) is 6.42 Å². The van der Waals surface area contributed by atoms with Crippen molar-refractivity contribution in [2.45, 2.75) is 31.7 Å². The number of aryl methyl sites for hydroxylation is 1. The lowest BCUT2D eigenvalue weighted by Crippen LogP contribution is -2.27. The smallest absolute Gasteiger partial charge is 0.216 e. The lowest BCUT2D eigenvalue weighted by atomic mass is 9.94. The highest BCUT2D eigenvalue weighted by atomic mass is 16.5. The monoisotopic (exact) mass is 284 g/mol. The third kappa shape index (κ3) is 2.74. The van der Waals surface area contributed by atoms with Crippen LogP contribution in [0.5, 0.6) is 5.88 Å². The van der Waals surface area contributed by atoms with E-state index in [2.05, 4.69) is 33.3 Å². The Morgan fingerprint density at radius 2 is 2.29 bits per heavy atom. The highest BCUT2D eigenvalue weighted by Crippen LogP contribution is 2.40. The van der Waals surface area contributed by atoms with E-state index in [4.69, 9.17) is 4.74 Å². The summed E-state index contributed by atoms with van der Waals surface area (Å²) >= 11 is 0. The molecule has 2 aromatic heterocycles. The number of likely N-dealkylation sites (N-methyl/N-ethyl adjacent to an activating group) is 1. The molecule has 1 N–H and O–H groups in total. The van der Waals surface area contributed by atoms with Crippen LogP contribution in [0.2, 0.25) is 0 Å². The molecule has 0 aromatic carbocycles. The third-order valence-corrected chi connectivity index (χ3v) is 4.02. The van der Waals surface area contributed by atoms with Crippen LogP contribution in [0.1, 0.15) is 42.3 Å². The molecule has 0 fully saturated rings. The van der Waals surface area contributed by atoms with Gasteiger partial charge in [-0.05, 0) is 31.0 Å². The summed E-state index contributed by atoms with van der Waals surface area (Å²) in [6.45, 7) is 3.00. The predicted molar refractivity (Wildman–Crippen MR) is 80.3 cm³/mol. The molecular weight excluding hydrogens is 264 g/mol. The Balaban J connectivity index is 1.95. The summed E-state index contributed by atoms with van der Waals surface area (Å²) in [5.41, 5.74) is 3.51. The van der Waals surface area contributed by atoms with Gasteiger partial charge in [-0.2, -0.15) is 0 Å². The molecule has 1 aliphatic carbocycles. The summed E-state index contributed by atoms with van der Waals surface area (Å²) in [6, 6.07) is 6.24. The zero-order valence-corrected chi connectivity index (χ0v) is 12.4. The number of hydrogen-bond acceptors (Lipinski definition) is 5. The summed E-state index contributed by atoms with van der Waals surface area (Å²) in [4.78, 5) is 13.1. The molecule has 3 rings (SSSR count). The van der Waals surface area contributed by atoms with Crippen molar-refractivity contribution in [3.63, 3.8) is 0 Å². The van der Waals surface area contributed by atoms with E-state index in [1.165, 1.54) is 11.3 Å². The maximum atomic E-state index is 5.22. The first-order valence-corrected chi connectivity index (χ1v) is 7.36. The maximum absolute atomic E-state index is 5.22. The zero-order valence-electron chi connectivity index (χ0n) is 12.4. The number of nitrogens with one attached hydrogen (secondary N) is 1. The van der Waals surface area contributed by atoms with Gasteiger partial charge in [0, 0.05) is 23.9 Å². The second-order valence-corrected chi connectivity index (χ2v) is 5.21. The van der Waals surface area contributed by atoms with E-state index in [-0.39, 0.29) is 6.04 Å². The van der Waals surface area contributed by atoms with Crippen molar-refractivity contribution in [1.29, 1.82) is 0 Å². The fourth-order valence-electron chi connectivity index (χ4n) is 3.08. The Hall–Kier alpha value is -2.01. The number of ether oxygens (including phenoxy) is 1. The summed E-state index contributed by atoms with van der Waals surface area (Å²) < 4.78 is 5.22. The largest absolute Gasteiger partial charge is 0.481 e. The predicted octanol–water partition coefficient (Wildman–Crippen LogP) is 2.26. The summed E-state index contributed by atoms with van der Waals surface area (Å²) in [6.07, 6.45) is 5.61. The standard InChI is InChI=1S/C16H20N4O/c1-3-17-16(13-9-14(21-2)20-10-19-13)12-7-6-11-5-4-8-18-15(11)12/h4-5,8-10,12,16-17H,3,6-7H2,1-2H3. The Kier molecular flexibility index (Phi) is 4.10. The van der Waals surface area contributed by atoms with Gasteiger partial charge in [0.05, 0.1) is 18.8 Å². The van der Waals surface area contributed by atoms with Gasteiger partial charge in [-0.15, -0.1) is 0 Å². The van der Waals surface area contributed by atoms with Crippen molar-refractivity contribution < 1.29 is 4.74 Å². The van der Waals surface area contributed by atoms with E-state index in [1.807, 2.05) is 18.3 Å². The van der Waals surface area contributed by atoms with Gasteiger partial charge in [-0.1, -0.05) is 13.0 Å². The number of aromatic nitrogens is 3. The van der Waals surface area contributed by atoms with E-state index >= 15 is 0 Å². The molecule has 0 radical (unpaired) electrons. The second kappa shape index (κ2) is 6.18. The molecule has 5 heteroatoms. The minimum absolute atomic E-state index is 0.142. The Bertz CT molecular complexity index is 617. The summed E-state index contributed by atoms with van der Waals surface area (Å²) in [5.74, 6) is 0.947. The van der Waals surface area contributed by atoms with Crippen LogP contribution in [0.3, 0.4) is 0 Å². The average Bonchev–Trinajstić information content (AvgIpc) is 2.96. The van der Waals surface area contributed by atoms with E-state index in [9.17, 15) is 0 Å².